The molecule has 1 saturated carbocycles. The molecule has 0 unspecified atom stereocenters. The third-order valence-corrected chi connectivity index (χ3v) is 8.46. The Kier molecular flexibility index (Phi) is 4.67. The third-order valence-electron chi connectivity index (χ3n) is 8.46. The van der Waals surface area contributed by atoms with Gasteiger partial charge in [0, 0.05) is 12.1 Å². The number of likely N-dealkylation sites (tertiary alicyclic amines) is 1. The number of nitrogens with zero attached hydrogens (tertiary/aromatic N) is 5. The van der Waals surface area contributed by atoms with Gasteiger partial charge in [-0.1, -0.05) is 25.1 Å². The van der Waals surface area contributed by atoms with Gasteiger partial charge in [-0.3, -0.25) is 4.79 Å². The summed E-state index contributed by atoms with van der Waals surface area (Å²) in [5, 5.41) is 11.9. The van der Waals surface area contributed by atoms with E-state index in [9.17, 15) is 9.59 Å². The number of rotatable bonds is 4. The maximum atomic E-state index is 13.4. The minimum Gasteiger partial charge on any atom is -0.456 e. The molecule has 8 heteroatoms. The van der Waals surface area contributed by atoms with Gasteiger partial charge in [-0.05, 0) is 78.8 Å². The van der Waals surface area contributed by atoms with Crippen molar-refractivity contribution < 1.29 is 14.3 Å². The second-order valence-electron chi connectivity index (χ2n) is 10.3. The molecule has 8 nitrogen and oxygen atoms in total. The number of ether oxygens (including phenoxy) is 1. The highest BCUT2D eigenvalue weighted by Crippen LogP contribution is 2.49. The van der Waals surface area contributed by atoms with Gasteiger partial charge >= 0.3 is 5.97 Å². The number of fused-ring (bicyclic) bond motifs is 3. The van der Waals surface area contributed by atoms with Gasteiger partial charge in [0.05, 0.1) is 23.2 Å². The second kappa shape index (κ2) is 7.50. The fraction of sp³-hybridized carbons (Fsp3) is 0.560. The van der Waals surface area contributed by atoms with Crippen molar-refractivity contribution in [3.63, 3.8) is 0 Å². The predicted octanol–water partition coefficient (Wildman–Crippen LogP) is 3.44. The zero-order valence-corrected chi connectivity index (χ0v) is 19.2. The van der Waals surface area contributed by atoms with Crippen LogP contribution in [0.25, 0.3) is 11.4 Å². The fourth-order valence-corrected chi connectivity index (χ4v) is 6.33. The van der Waals surface area contributed by atoms with Crippen LogP contribution >= 0.6 is 0 Å². The lowest BCUT2D eigenvalue weighted by atomic mass is 9.67. The smallest absolute Gasteiger partial charge is 0.336 e. The van der Waals surface area contributed by atoms with Crippen LogP contribution in [0.3, 0.4) is 0 Å². The first-order valence-corrected chi connectivity index (χ1v) is 12.0. The summed E-state index contributed by atoms with van der Waals surface area (Å²) in [7, 11) is 0. The summed E-state index contributed by atoms with van der Waals surface area (Å²) in [5.41, 5.74) is 4.90. The first-order valence-electron chi connectivity index (χ1n) is 12.0. The molecule has 2 aromatic rings. The van der Waals surface area contributed by atoms with Crippen molar-refractivity contribution in [3.8, 4) is 11.4 Å². The topological polar surface area (TPSA) is 90.2 Å². The molecule has 172 valence electrons. The number of amides is 1. The lowest BCUT2D eigenvalue weighted by molar-refractivity contribution is -0.138. The molecule has 0 N–H and O–H groups in total. The number of tetrazole rings is 1. The number of hydrogen-bond acceptors (Lipinski definition) is 6. The molecule has 4 heterocycles. The summed E-state index contributed by atoms with van der Waals surface area (Å²) in [4.78, 5) is 27.0. The van der Waals surface area contributed by atoms with E-state index < -0.39 is 0 Å². The minimum absolute atomic E-state index is 0.209. The number of aromatic nitrogens is 4. The molecule has 1 aromatic carbocycles. The Hall–Kier alpha value is -3.03. The van der Waals surface area contributed by atoms with Crippen LogP contribution in [0.1, 0.15) is 69.4 Å². The molecule has 6 rings (SSSR count). The maximum absolute atomic E-state index is 13.4. The van der Waals surface area contributed by atoms with Crippen LogP contribution in [-0.4, -0.2) is 50.1 Å². The van der Waals surface area contributed by atoms with Crippen LogP contribution in [0.2, 0.25) is 0 Å². The van der Waals surface area contributed by atoms with Gasteiger partial charge < -0.3 is 9.64 Å². The van der Waals surface area contributed by atoms with Crippen LogP contribution in [0.4, 0.5) is 0 Å². The number of carbonyl (C=O) groups excluding carboxylic acids is 2. The van der Waals surface area contributed by atoms with Gasteiger partial charge in [-0.25, -0.2) is 9.48 Å². The van der Waals surface area contributed by atoms with E-state index in [4.69, 9.17) is 4.74 Å². The first-order chi connectivity index (χ1) is 15.9. The van der Waals surface area contributed by atoms with Crippen molar-refractivity contribution in [2.24, 2.45) is 11.3 Å². The molecule has 1 amide bonds. The summed E-state index contributed by atoms with van der Waals surface area (Å²) in [6.45, 7) is 5.77. The summed E-state index contributed by atoms with van der Waals surface area (Å²) >= 11 is 0. The second-order valence-corrected chi connectivity index (χ2v) is 10.3. The van der Waals surface area contributed by atoms with Crippen molar-refractivity contribution in [3.05, 3.63) is 40.6 Å². The number of hydrogen-bond donors (Lipinski definition) is 0. The van der Waals surface area contributed by atoms with Crippen LogP contribution in [-0.2, 0) is 20.9 Å². The summed E-state index contributed by atoms with van der Waals surface area (Å²) in [5.74, 6) is 1.89. The van der Waals surface area contributed by atoms with Crippen molar-refractivity contribution in [1.82, 2.24) is 25.1 Å². The van der Waals surface area contributed by atoms with Crippen LogP contribution in [0.15, 0.2) is 29.5 Å². The maximum Gasteiger partial charge on any atom is 0.336 e. The van der Waals surface area contributed by atoms with E-state index in [1.807, 2.05) is 9.58 Å². The monoisotopic (exact) mass is 447 g/mol. The van der Waals surface area contributed by atoms with Gasteiger partial charge in [0.15, 0.2) is 5.82 Å². The standard InChI is InChI=1S/C25H29N5O3/c1-15(18-3-4-20-19(12-18)13-30-22(20)26-27-28-30)11-17-5-7-25(8-6-17)9-10-29(24(25)32)21-14-33-23(31)16(21)2/h3-4,12,15,17H,5-11,13-14H2,1-2H3/t15-,17?,25?/m0/s1. The van der Waals surface area contributed by atoms with Crippen LogP contribution < -0.4 is 0 Å². The zero-order chi connectivity index (χ0) is 22.7. The first kappa shape index (κ1) is 20.6. The summed E-state index contributed by atoms with van der Waals surface area (Å²) < 4.78 is 6.99. The zero-order valence-electron chi connectivity index (χ0n) is 19.2. The van der Waals surface area contributed by atoms with Gasteiger partial charge in [0.25, 0.3) is 0 Å². The Morgan fingerprint density at radius 3 is 2.79 bits per heavy atom. The number of carbonyl (C=O) groups is 2. The molecular formula is C25H29N5O3. The predicted molar refractivity (Wildman–Crippen MR) is 120 cm³/mol. The van der Waals surface area contributed by atoms with Crippen LogP contribution in [0, 0.1) is 11.3 Å². The van der Waals surface area contributed by atoms with E-state index in [0.717, 1.165) is 62.2 Å². The molecule has 0 bridgehead atoms. The molecule has 0 radical (unpaired) electrons. The van der Waals surface area contributed by atoms with Gasteiger partial charge in [-0.2, -0.15) is 0 Å². The lowest BCUT2D eigenvalue weighted by Crippen LogP contribution is -2.37. The molecule has 1 spiro atoms. The van der Waals surface area contributed by atoms with Crippen molar-refractivity contribution in [1.29, 1.82) is 0 Å². The Balaban J connectivity index is 1.09. The summed E-state index contributed by atoms with van der Waals surface area (Å²) in [6, 6.07) is 6.68. The number of cyclic esters (lactones) is 1. The highest BCUT2D eigenvalue weighted by atomic mass is 16.5. The molecule has 1 atom stereocenters. The molecule has 1 aliphatic carbocycles. The minimum atomic E-state index is -0.291. The SMILES string of the molecule is CC1=C(N2CCC3(CCC(C[C@H](C)c4ccc5c(c4)Cn4nnnc4-5)CC3)C2=O)COC1=O. The molecule has 3 aliphatic heterocycles. The Morgan fingerprint density at radius 2 is 2.03 bits per heavy atom. The molecule has 1 aromatic heterocycles. The van der Waals surface area contributed by atoms with Gasteiger partial charge in [0.2, 0.25) is 5.91 Å². The van der Waals surface area contributed by atoms with E-state index in [1.54, 1.807) is 6.92 Å². The largest absolute Gasteiger partial charge is 0.456 e. The van der Waals surface area contributed by atoms with Crippen LogP contribution in [0.5, 0.6) is 0 Å². The van der Waals surface area contributed by atoms with Crippen molar-refractivity contribution in [2.75, 3.05) is 13.2 Å². The highest BCUT2D eigenvalue weighted by molar-refractivity contribution is 5.94. The van der Waals surface area contributed by atoms with E-state index in [2.05, 4.69) is 40.6 Å². The Morgan fingerprint density at radius 1 is 1.21 bits per heavy atom. The van der Waals surface area contributed by atoms with E-state index >= 15 is 0 Å². The molecular weight excluding hydrogens is 418 g/mol. The quantitative estimate of drug-likeness (QED) is 0.569. The lowest BCUT2D eigenvalue weighted by Gasteiger charge is -2.36. The van der Waals surface area contributed by atoms with Gasteiger partial charge in [0.1, 0.15) is 6.61 Å². The average Bonchev–Trinajstić information content (AvgIpc) is 3.56. The number of benzene rings is 1. The number of esters is 1. The Bertz CT molecular complexity index is 1170. The molecule has 33 heavy (non-hydrogen) atoms. The molecule has 1 saturated heterocycles. The highest BCUT2D eigenvalue weighted by Gasteiger charge is 2.50. The van der Waals surface area contributed by atoms with Crippen molar-refractivity contribution >= 4 is 11.9 Å². The van der Waals surface area contributed by atoms with E-state index in [0.29, 0.717) is 24.0 Å². The van der Waals surface area contributed by atoms with Gasteiger partial charge in [-0.15, -0.1) is 5.10 Å². The molecule has 4 aliphatic rings. The average molecular weight is 448 g/mol. The molecule has 2 fully saturated rings. The fourth-order valence-electron chi connectivity index (χ4n) is 6.33. The van der Waals surface area contributed by atoms with E-state index in [1.165, 1.54) is 11.1 Å². The third kappa shape index (κ3) is 3.21. The summed E-state index contributed by atoms with van der Waals surface area (Å²) in [6.07, 6.45) is 6.11. The van der Waals surface area contributed by atoms with E-state index in [-0.39, 0.29) is 23.9 Å². The normalized spacial score (nSPS) is 27.3. The Labute approximate surface area is 193 Å². The van der Waals surface area contributed by atoms with Crippen molar-refractivity contribution in [2.45, 2.75) is 64.8 Å².